The molecule has 1 aliphatic heterocycles. The molecule has 2 aromatic rings. The van der Waals surface area contributed by atoms with Crippen molar-refractivity contribution in [3.8, 4) is 11.1 Å². The Kier molecular flexibility index (Phi) is 7.58. The van der Waals surface area contributed by atoms with E-state index in [4.69, 9.17) is 4.74 Å². The van der Waals surface area contributed by atoms with Crippen LogP contribution in [0.25, 0.3) is 11.1 Å². The first-order valence-corrected chi connectivity index (χ1v) is 11.6. The van der Waals surface area contributed by atoms with E-state index in [1.165, 1.54) is 24.3 Å². The number of hydrogen-bond acceptors (Lipinski definition) is 5. The van der Waals surface area contributed by atoms with Gasteiger partial charge in [0, 0.05) is 25.6 Å². The van der Waals surface area contributed by atoms with Gasteiger partial charge in [0.25, 0.3) is 15.9 Å². The number of alkyl halides is 3. The van der Waals surface area contributed by atoms with Crippen LogP contribution in [-0.2, 0) is 26.0 Å². The van der Waals surface area contributed by atoms with E-state index in [1.807, 2.05) is 0 Å². The molecule has 1 N–H and O–H groups in total. The first-order valence-electron chi connectivity index (χ1n) is 10.2. The molecular weight excluding hydrogens is 447 g/mol. The van der Waals surface area contributed by atoms with E-state index in [9.17, 15) is 31.6 Å². The molecule has 10 heteroatoms. The third kappa shape index (κ3) is 6.08. The Labute approximate surface area is 184 Å². The molecule has 3 rings (SSSR count). The summed E-state index contributed by atoms with van der Waals surface area (Å²) in [5.41, 5.74) is 2.22. The first-order chi connectivity index (χ1) is 15.1. The standard InChI is InChI=1S/C22H24F3NO5S/c23-22(24,25)13-1-2-16-3-5-17(6-4-16)18-7-9-20(10-8-18)32(29,30)26(28)21(27)19-11-14-31-15-12-19/h3-10,19,28H,1-2,11-15H2. The van der Waals surface area contributed by atoms with Crippen LogP contribution in [0.15, 0.2) is 53.4 Å². The zero-order valence-electron chi connectivity index (χ0n) is 17.2. The summed E-state index contributed by atoms with van der Waals surface area (Å²) in [5.74, 6) is -1.49. The monoisotopic (exact) mass is 471 g/mol. The van der Waals surface area contributed by atoms with E-state index in [0.717, 1.165) is 11.1 Å². The highest BCUT2D eigenvalue weighted by atomic mass is 32.2. The van der Waals surface area contributed by atoms with E-state index >= 15 is 0 Å². The number of amides is 1. The third-order valence-corrected chi connectivity index (χ3v) is 6.86. The van der Waals surface area contributed by atoms with Crippen molar-refractivity contribution in [1.29, 1.82) is 0 Å². The number of sulfonamides is 1. The van der Waals surface area contributed by atoms with Gasteiger partial charge in [-0.3, -0.25) is 10.0 Å². The van der Waals surface area contributed by atoms with Crippen molar-refractivity contribution in [2.45, 2.75) is 43.2 Å². The van der Waals surface area contributed by atoms with E-state index < -0.39 is 34.4 Å². The van der Waals surface area contributed by atoms with Crippen LogP contribution in [0.5, 0.6) is 0 Å². The van der Waals surface area contributed by atoms with Crippen LogP contribution >= 0.6 is 0 Å². The molecular formula is C22H24F3NO5S. The molecule has 0 saturated carbocycles. The quantitative estimate of drug-likeness (QED) is 0.472. The molecule has 1 saturated heterocycles. The van der Waals surface area contributed by atoms with E-state index in [1.54, 1.807) is 24.3 Å². The number of halogens is 3. The Balaban J connectivity index is 1.66. The molecule has 0 bridgehead atoms. The van der Waals surface area contributed by atoms with Gasteiger partial charge in [-0.1, -0.05) is 36.4 Å². The lowest BCUT2D eigenvalue weighted by molar-refractivity contribution is -0.153. The fourth-order valence-corrected chi connectivity index (χ4v) is 4.56. The summed E-state index contributed by atoms with van der Waals surface area (Å²) >= 11 is 0. The molecule has 0 atom stereocenters. The summed E-state index contributed by atoms with van der Waals surface area (Å²) in [6, 6.07) is 12.6. The van der Waals surface area contributed by atoms with Crippen LogP contribution in [0.1, 0.15) is 31.2 Å². The second-order valence-corrected chi connectivity index (χ2v) is 9.43. The molecule has 6 nitrogen and oxygen atoms in total. The number of rotatable bonds is 7. The predicted octanol–water partition coefficient (Wildman–Crippen LogP) is 4.57. The maximum Gasteiger partial charge on any atom is 0.389 e. The van der Waals surface area contributed by atoms with Crippen molar-refractivity contribution in [1.82, 2.24) is 4.47 Å². The maximum atomic E-state index is 12.6. The van der Waals surface area contributed by atoms with Gasteiger partial charge in [-0.25, -0.2) is 0 Å². The lowest BCUT2D eigenvalue weighted by Crippen LogP contribution is -2.40. The summed E-state index contributed by atoms with van der Waals surface area (Å²) in [6.07, 6.45) is -3.98. The molecule has 2 aromatic carbocycles. The summed E-state index contributed by atoms with van der Waals surface area (Å²) in [4.78, 5) is 12.1. The number of nitrogens with zero attached hydrogens (tertiary/aromatic N) is 1. The Morgan fingerprint density at radius 2 is 1.53 bits per heavy atom. The normalized spacial score (nSPS) is 15.5. The van der Waals surface area contributed by atoms with Gasteiger partial charge >= 0.3 is 6.18 Å². The fraction of sp³-hybridized carbons (Fsp3) is 0.409. The van der Waals surface area contributed by atoms with Gasteiger partial charge in [-0.2, -0.15) is 21.6 Å². The lowest BCUT2D eigenvalue weighted by Gasteiger charge is -2.24. The van der Waals surface area contributed by atoms with Gasteiger partial charge in [0.15, 0.2) is 0 Å². The minimum atomic E-state index is -4.41. The summed E-state index contributed by atoms with van der Waals surface area (Å²) in [5, 5.41) is 10.1. The van der Waals surface area contributed by atoms with Gasteiger partial charge in [-0.15, -0.1) is 4.47 Å². The molecule has 1 amide bonds. The molecule has 0 unspecified atom stereocenters. The average Bonchev–Trinajstić information content (AvgIpc) is 2.78. The number of aryl methyl sites for hydroxylation is 1. The molecule has 0 radical (unpaired) electrons. The molecule has 32 heavy (non-hydrogen) atoms. The van der Waals surface area contributed by atoms with Crippen LogP contribution in [0.4, 0.5) is 13.2 Å². The largest absolute Gasteiger partial charge is 0.389 e. The highest BCUT2D eigenvalue weighted by Crippen LogP contribution is 2.26. The molecule has 0 spiro atoms. The van der Waals surface area contributed by atoms with E-state index in [0.29, 0.717) is 38.0 Å². The molecule has 0 aromatic heterocycles. The number of carbonyl (C=O) groups is 1. The molecule has 1 aliphatic rings. The van der Waals surface area contributed by atoms with Crippen molar-refractivity contribution in [2.24, 2.45) is 5.92 Å². The third-order valence-electron chi connectivity index (χ3n) is 5.35. The van der Waals surface area contributed by atoms with Crippen molar-refractivity contribution in [3.05, 3.63) is 54.1 Å². The number of carbonyl (C=O) groups excluding carboxylic acids is 1. The number of benzene rings is 2. The molecule has 0 aliphatic carbocycles. The molecule has 174 valence electrons. The Morgan fingerprint density at radius 3 is 2.06 bits per heavy atom. The molecule has 1 fully saturated rings. The van der Waals surface area contributed by atoms with Crippen LogP contribution in [0.3, 0.4) is 0 Å². The number of ether oxygens (including phenoxy) is 1. The summed E-state index contributed by atoms with van der Waals surface area (Å²) in [7, 11) is -4.41. The minimum absolute atomic E-state index is 0.0136. The van der Waals surface area contributed by atoms with Gasteiger partial charge in [-0.05, 0) is 54.5 Å². The zero-order chi connectivity index (χ0) is 23.4. The van der Waals surface area contributed by atoms with Crippen molar-refractivity contribution >= 4 is 15.9 Å². The summed E-state index contributed by atoms with van der Waals surface area (Å²) < 4.78 is 67.0. The van der Waals surface area contributed by atoms with E-state index in [2.05, 4.69) is 0 Å². The Bertz CT molecular complexity index is 1020. The highest BCUT2D eigenvalue weighted by Gasteiger charge is 2.34. The van der Waals surface area contributed by atoms with Crippen LogP contribution < -0.4 is 0 Å². The average molecular weight is 471 g/mol. The summed E-state index contributed by atoms with van der Waals surface area (Å²) in [6.45, 7) is 0.667. The van der Waals surface area contributed by atoms with Crippen molar-refractivity contribution < 1.29 is 36.3 Å². The Morgan fingerprint density at radius 1 is 1.00 bits per heavy atom. The van der Waals surface area contributed by atoms with Crippen molar-refractivity contribution in [2.75, 3.05) is 13.2 Å². The number of hydroxylamine groups is 1. The molecule has 1 heterocycles. The highest BCUT2D eigenvalue weighted by molar-refractivity contribution is 7.89. The van der Waals surface area contributed by atoms with Gasteiger partial charge in [0.2, 0.25) is 0 Å². The van der Waals surface area contributed by atoms with Gasteiger partial charge in [0.1, 0.15) is 0 Å². The zero-order valence-corrected chi connectivity index (χ0v) is 18.0. The number of hydrogen-bond donors (Lipinski definition) is 1. The second-order valence-electron chi connectivity index (χ2n) is 7.66. The predicted molar refractivity (Wildman–Crippen MR) is 110 cm³/mol. The SMILES string of the molecule is O=C(C1CCOCC1)N(O)S(=O)(=O)c1ccc(-c2ccc(CCCC(F)(F)F)cc2)cc1. The smallest absolute Gasteiger partial charge is 0.381 e. The van der Waals surface area contributed by atoms with Crippen LogP contribution in [0, 0.1) is 5.92 Å². The van der Waals surface area contributed by atoms with E-state index in [-0.39, 0.29) is 15.8 Å². The fourth-order valence-electron chi connectivity index (χ4n) is 3.50. The maximum absolute atomic E-state index is 12.6. The van der Waals surface area contributed by atoms with Crippen LogP contribution in [-0.4, -0.2) is 43.4 Å². The minimum Gasteiger partial charge on any atom is -0.381 e. The Hall–Kier alpha value is -2.43. The van der Waals surface area contributed by atoms with Crippen molar-refractivity contribution in [3.63, 3.8) is 0 Å². The topological polar surface area (TPSA) is 83.9 Å². The van der Waals surface area contributed by atoms with Gasteiger partial charge < -0.3 is 4.74 Å². The second kappa shape index (κ2) is 10.0. The lowest BCUT2D eigenvalue weighted by atomic mass is 10.00. The first kappa shape index (κ1) is 24.2. The van der Waals surface area contributed by atoms with Crippen LogP contribution in [0.2, 0.25) is 0 Å². The van der Waals surface area contributed by atoms with Gasteiger partial charge in [0.05, 0.1) is 4.90 Å².